The van der Waals surface area contributed by atoms with Crippen molar-refractivity contribution in [1.82, 2.24) is 14.8 Å². The number of hydrogen-bond acceptors (Lipinski definition) is 6. The summed E-state index contributed by atoms with van der Waals surface area (Å²) in [6.07, 6.45) is 7.87. The summed E-state index contributed by atoms with van der Waals surface area (Å²) in [6, 6.07) is 8.27. The summed E-state index contributed by atoms with van der Waals surface area (Å²) in [7, 11) is 1.66. The van der Waals surface area contributed by atoms with Crippen LogP contribution in [0.2, 0.25) is 0 Å². The van der Waals surface area contributed by atoms with Gasteiger partial charge in [0.05, 0.1) is 19.5 Å². The molecular weight excluding hydrogens is 374 g/mol. The van der Waals surface area contributed by atoms with Crippen molar-refractivity contribution in [2.75, 3.05) is 19.5 Å². The molecule has 0 radical (unpaired) electrons. The van der Waals surface area contributed by atoms with Crippen molar-refractivity contribution in [3.05, 3.63) is 24.3 Å². The van der Waals surface area contributed by atoms with Crippen LogP contribution in [-0.4, -0.2) is 40.2 Å². The highest BCUT2D eigenvalue weighted by molar-refractivity contribution is 7.99. The molecular formula is C21H29N3O3S. The summed E-state index contributed by atoms with van der Waals surface area (Å²) in [5, 5.41) is 9.68. The van der Waals surface area contributed by atoms with E-state index in [-0.39, 0.29) is 11.7 Å². The van der Waals surface area contributed by atoms with Gasteiger partial charge in [0.25, 0.3) is 0 Å². The van der Waals surface area contributed by atoms with Crippen molar-refractivity contribution >= 4 is 17.7 Å². The van der Waals surface area contributed by atoms with Crippen LogP contribution in [0.3, 0.4) is 0 Å². The molecule has 1 aromatic heterocycles. The summed E-state index contributed by atoms with van der Waals surface area (Å²) in [5.41, 5.74) is 1.01. The van der Waals surface area contributed by atoms with E-state index in [1.165, 1.54) is 31.0 Å². The highest BCUT2D eigenvalue weighted by Gasteiger charge is 2.24. The minimum absolute atomic E-state index is 0.192. The van der Waals surface area contributed by atoms with E-state index in [1.54, 1.807) is 7.11 Å². The first-order valence-electron chi connectivity index (χ1n) is 10.1. The fraction of sp³-hybridized carbons (Fsp3) is 0.571. The Kier molecular flexibility index (Phi) is 7.77. The molecule has 1 fully saturated rings. The molecule has 28 heavy (non-hydrogen) atoms. The maximum Gasteiger partial charge on any atom is 0.316 e. The van der Waals surface area contributed by atoms with E-state index in [0.717, 1.165) is 48.0 Å². The monoisotopic (exact) mass is 403 g/mol. The van der Waals surface area contributed by atoms with Crippen LogP contribution in [0, 0.1) is 0 Å². The molecule has 1 saturated carbocycles. The lowest BCUT2D eigenvalue weighted by atomic mass is 9.95. The zero-order valence-corrected chi connectivity index (χ0v) is 17.5. The van der Waals surface area contributed by atoms with E-state index in [1.807, 2.05) is 24.3 Å². The summed E-state index contributed by atoms with van der Waals surface area (Å²) in [6.45, 7) is 2.57. The van der Waals surface area contributed by atoms with Crippen LogP contribution in [0.4, 0.5) is 0 Å². The average Bonchev–Trinajstić information content (AvgIpc) is 3.17. The molecule has 1 heterocycles. The molecule has 0 saturated heterocycles. The maximum absolute atomic E-state index is 12.0. The predicted octanol–water partition coefficient (Wildman–Crippen LogP) is 4.89. The predicted molar refractivity (Wildman–Crippen MR) is 111 cm³/mol. The third kappa shape index (κ3) is 5.28. The molecule has 0 bridgehead atoms. The Morgan fingerprint density at radius 2 is 1.93 bits per heavy atom. The molecule has 0 unspecified atom stereocenters. The number of ether oxygens (including phenoxy) is 2. The Labute approximate surface area is 171 Å². The molecule has 0 aliphatic heterocycles. The van der Waals surface area contributed by atoms with Gasteiger partial charge >= 0.3 is 5.97 Å². The third-order valence-electron chi connectivity index (χ3n) is 5.03. The second kappa shape index (κ2) is 10.5. The number of methoxy groups -OCH3 is 1. The van der Waals surface area contributed by atoms with Crippen molar-refractivity contribution in [3.63, 3.8) is 0 Å². The van der Waals surface area contributed by atoms with Gasteiger partial charge in [0.15, 0.2) is 11.0 Å². The standard InChI is InChI=1S/C21H29N3O3S/c1-3-4-14-27-19(25)15-28-21-23-22-20(16-10-12-18(26-2)13-11-16)24(21)17-8-6-5-7-9-17/h10-13,17H,3-9,14-15H2,1-2H3. The van der Waals surface area contributed by atoms with Crippen LogP contribution in [0.25, 0.3) is 11.4 Å². The van der Waals surface area contributed by atoms with Crippen LogP contribution in [-0.2, 0) is 9.53 Å². The Morgan fingerprint density at radius 3 is 2.61 bits per heavy atom. The van der Waals surface area contributed by atoms with Crippen LogP contribution in [0.15, 0.2) is 29.4 Å². The van der Waals surface area contributed by atoms with Gasteiger partial charge in [-0.3, -0.25) is 9.36 Å². The number of esters is 1. The van der Waals surface area contributed by atoms with E-state index in [0.29, 0.717) is 12.6 Å². The van der Waals surface area contributed by atoms with Gasteiger partial charge in [0.2, 0.25) is 0 Å². The van der Waals surface area contributed by atoms with Crippen molar-refractivity contribution in [2.45, 2.75) is 63.1 Å². The molecule has 6 nitrogen and oxygen atoms in total. The summed E-state index contributed by atoms with van der Waals surface area (Å²) in [4.78, 5) is 12.0. The minimum atomic E-state index is -0.192. The lowest BCUT2D eigenvalue weighted by Gasteiger charge is -2.25. The fourth-order valence-corrected chi connectivity index (χ4v) is 4.28. The molecule has 0 spiro atoms. The second-order valence-corrected chi connectivity index (χ2v) is 8.00. The molecule has 2 aromatic rings. The zero-order valence-electron chi connectivity index (χ0n) is 16.7. The lowest BCUT2D eigenvalue weighted by Crippen LogP contribution is -2.16. The van der Waals surface area contributed by atoms with Gasteiger partial charge in [-0.15, -0.1) is 10.2 Å². The van der Waals surface area contributed by atoms with Gasteiger partial charge in [0, 0.05) is 11.6 Å². The Hall–Kier alpha value is -2.02. The first-order chi connectivity index (χ1) is 13.7. The Balaban J connectivity index is 1.79. The van der Waals surface area contributed by atoms with Gasteiger partial charge in [-0.25, -0.2) is 0 Å². The molecule has 0 amide bonds. The maximum atomic E-state index is 12.0. The number of unbranched alkanes of at least 4 members (excludes halogenated alkanes) is 1. The number of nitrogens with zero attached hydrogens (tertiary/aromatic N) is 3. The number of carbonyl (C=O) groups is 1. The van der Waals surface area contributed by atoms with Crippen molar-refractivity contribution in [3.8, 4) is 17.1 Å². The summed E-state index contributed by atoms with van der Waals surface area (Å²) < 4.78 is 12.8. The molecule has 152 valence electrons. The number of thioether (sulfide) groups is 1. The normalized spacial score (nSPS) is 14.8. The molecule has 1 aliphatic carbocycles. The van der Waals surface area contributed by atoms with Crippen molar-refractivity contribution < 1.29 is 14.3 Å². The van der Waals surface area contributed by atoms with E-state index >= 15 is 0 Å². The first-order valence-corrected chi connectivity index (χ1v) is 11.1. The number of rotatable bonds is 9. The van der Waals surface area contributed by atoms with Crippen molar-refractivity contribution in [2.24, 2.45) is 0 Å². The van der Waals surface area contributed by atoms with Gasteiger partial charge < -0.3 is 9.47 Å². The van der Waals surface area contributed by atoms with Crippen LogP contribution < -0.4 is 4.74 Å². The topological polar surface area (TPSA) is 66.2 Å². The quantitative estimate of drug-likeness (QED) is 0.337. The Morgan fingerprint density at radius 1 is 1.18 bits per heavy atom. The number of carbonyl (C=O) groups excluding carboxylic acids is 1. The van der Waals surface area contributed by atoms with Crippen LogP contribution in [0.1, 0.15) is 57.9 Å². The second-order valence-electron chi connectivity index (χ2n) is 7.06. The van der Waals surface area contributed by atoms with Gasteiger partial charge in [-0.05, 0) is 43.5 Å². The summed E-state index contributed by atoms with van der Waals surface area (Å²) in [5.74, 6) is 1.74. The first kappa shape index (κ1) is 20.7. The molecule has 0 atom stereocenters. The summed E-state index contributed by atoms with van der Waals surface area (Å²) >= 11 is 1.42. The van der Waals surface area contributed by atoms with Crippen molar-refractivity contribution in [1.29, 1.82) is 0 Å². The number of aromatic nitrogens is 3. The number of benzene rings is 1. The number of hydrogen-bond donors (Lipinski definition) is 0. The minimum Gasteiger partial charge on any atom is -0.497 e. The van der Waals surface area contributed by atoms with Gasteiger partial charge in [-0.1, -0.05) is 44.4 Å². The molecule has 0 N–H and O–H groups in total. The highest BCUT2D eigenvalue weighted by atomic mass is 32.2. The van der Waals surface area contributed by atoms with Crippen LogP contribution in [0.5, 0.6) is 5.75 Å². The molecule has 1 aromatic carbocycles. The van der Waals surface area contributed by atoms with E-state index in [2.05, 4.69) is 21.7 Å². The Bertz CT molecular complexity index is 755. The zero-order chi connectivity index (χ0) is 19.8. The lowest BCUT2D eigenvalue weighted by molar-refractivity contribution is -0.140. The van der Waals surface area contributed by atoms with E-state index in [9.17, 15) is 4.79 Å². The third-order valence-corrected chi connectivity index (χ3v) is 5.95. The fourth-order valence-electron chi connectivity index (χ4n) is 3.48. The van der Waals surface area contributed by atoms with Gasteiger partial charge in [-0.2, -0.15) is 0 Å². The molecule has 7 heteroatoms. The molecule has 3 rings (SSSR count). The van der Waals surface area contributed by atoms with Gasteiger partial charge in [0.1, 0.15) is 5.75 Å². The highest BCUT2D eigenvalue weighted by Crippen LogP contribution is 2.35. The smallest absolute Gasteiger partial charge is 0.316 e. The van der Waals surface area contributed by atoms with E-state index < -0.39 is 0 Å². The average molecular weight is 404 g/mol. The largest absolute Gasteiger partial charge is 0.497 e. The SMILES string of the molecule is CCCCOC(=O)CSc1nnc(-c2ccc(OC)cc2)n1C1CCCCC1. The van der Waals surface area contributed by atoms with E-state index in [4.69, 9.17) is 9.47 Å². The molecule has 1 aliphatic rings. The van der Waals surface area contributed by atoms with Crippen LogP contribution >= 0.6 is 11.8 Å².